The van der Waals surface area contributed by atoms with Crippen LogP contribution in [-0.4, -0.2) is 23.3 Å². The van der Waals surface area contributed by atoms with Crippen molar-refractivity contribution in [3.8, 4) is 0 Å². The fraction of sp³-hybridized carbons (Fsp3) is 0.833. The standard InChI is InChI=1S/C6H10F3NO2/c1-2-3(5(11)12)4(10)6(7,8)9/h3-4H,2,10H2,1H3,(H,11,12)/t3-,4-/m0/s1. The van der Waals surface area contributed by atoms with Gasteiger partial charge in [-0.25, -0.2) is 0 Å². The third kappa shape index (κ3) is 2.69. The van der Waals surface area contributed by atoms with Gasteiger partial charge in [-0.05, 0) is 6.42 Å². The summed E-state index contributed by atoms with van der Waals surface area (Å²) in [6.07, 6.45) is -4.77. The van der Waals surface area contributed by atoms with Crippen molar-refractivity contribution in [1.82, 2.24) is 0 Å². The first-order chi connectivity index (χ1) is 5.30. The molecule has 0 saturated heterocycles. The topological polar surface area (TPSA) is 63.3 Å². The van der Waals surface area contributed by atoms with Crippen LogP contribution in [0.4, 0.5) is 13.2 Å². The highest BCUT2D eigenvalue weighted by atomic mass is 19.4. The minimum absolute atomic E-state index is 0.129. The number of carbonyl (C=O) groups is 1. The van der Waals surface area contributed by atoms with E-state index in [0.29, 0.717) is 0 Å². The van der Waals surface area contributed by atoms with Gasteiger partial charge in [0.1, 0.15) is 6.04 Å². The van der Waals surface area contributed by atoms with E-state index in [-0.39, 0.29) is 6.42 Å². The molecule has 0 unspecified atom stereocenters. The molecule has 0 saturated carbocycles. The monoisotopic (exact) mass is 185 g/mol. The number of halogens is 3. The molecule has 2 atom stereocenters. The Bertz CT molecular complexity index is 169. The summed E-state index contributed by atoms with van der Waals surface area (Å²) in [5.41, 5.74) is 4.70. The van der Waals surface area contributed by atoms with Gasteiger partial charge in [-0.3, -0.25) is 4.79 Å². The molecular formula is C6H10F3NO2. The maximum absolute atomic E-state index is 11.9. The first-order valence-electron chi connectivity index (χ1n) is 3.35. The zero-order chi connectivity index (χ0) is 9.94. The second kappa shape index (κ2) is 3.75. The molecule has 6 heteroatoms. The molecule has 3 N–H and O–H groups in total. The highest BCUT2D eigenvalue weighted by molar-refractivity contribution is 5.70. The third-order valence-electron chi connectivity index (χ3n) is 1.57. The molecule has 0 radical (unpaired) electrons. The number of rotatable bonds is 3. The summed E-state index contributed by atoms with van der Waals surface area (Å²) in [6.45, 7) is 1.35. The van der Waals surface area contributed by atoms with Crippen LogP contribution in [-0.2, 0) is 4.79 Å². The predicted molar refractivity (Wildman–Crippen MR) is 35.4 cm³/mol. The van der Waals surface area contributed by atoms with Gasteiger partial charge in [-0.15, -0.1) is 0 Å². The van der Waals surface area contributed by atoms with Gasteiger partial charge < -0.3 is 10.8 Å². The molecule has 0 fully saturated rings. The van der Waals surface area contributed by atoms with Gasteiger partial charge in [0.15, 0.2) is 0 Å². The Morgan fingerprint density at radius 2 is 2.00 bits per heavy atom. The molecule has 0 aliphatic rings. The number of nitrogens with two attached hydrogens (primary N) is 1. The zero-order valence-corrected chi connectivity index (χ0v) is 6.43. The molecule has 0 heterocycles. The van der Waals surface area contributed by atoms with Crippen molar-refractivity contribution in [2.45, 2.75) is 25.6 Å². The van der Waals surface area contributed by atoms with E-state index in [1.165, 1.54) is 6.92 Å². The number of carboxylic acids is 1. The second-order valence-corrected chi connectivity index (χ2v) is 2.42. The summed E-state index contributed by atoms with van der Waals surface area (Å²) in [7, 11) is 0. The van der Waals surface area contributed by atoms with Gasteiger partial charge in [0, 0.05) is 0 Å². The third-order valence-corrected chi connectivity index (χ3v) is 1.57. The van der Waals surface area contributed by atoms with E-state index in [1.807, 2.05) is 0 Å². The quantitative estimate of drug-likeness (QED) is 0.689. The molecule has 0 aromatic heterocycles. The highest BCUT2D eigenvalue weighted by Gasteiger charge is 2.44. The summed E-state index contributed by atoms with van der Waals surface area (Å²) in [4.78, 5) is 10.2. The van der Waals surface area contributed by atoms with Crippen LogP contribution < -0.4 is 5.73 Å². The van der Waals surface area contributed by atoms with Crippen molar-refractivity contribution in [2.24, 2.45) is 11.7 Å². The summed E-state index contributed by atoms with van der Waals surface area (Å²) in [6, 6.07) is -2.28. The molecule has 0 rings (SSSR count). The number of alkyl halides is 3. The average Bonchev–Trinajstić information content (AvgIpc) is 1.86. The van der Waals surface area contributed by atoms with E-state index in [0.717, 1.165) is 0 Å². The molecule has 0 spiro atoms. The van der Waals surface area contributed by atoms with Crippen molar-refractivity contribution >= 4 is 5.97 Å². The Labute approximate surface area is 67.4 Å². The van der Waals surface area contributed by atoms with Crippen molar-refractivity contribution in [2.75, 3.05) is 0 Å². The number of hydrogen-bond donors (Lipinski definition) is 2. The molecule has 0 aliphatic carbocycles. The van der Waals surface area contributed by atoms with Crippen molar-refractivity contribution in [3.63, 3.8) is 0 Å². The lowest BCUT2D eigenvalue weighted by molar-refractivity contribution is -0.173. The van der Waals surface area contributed by atoms with Crippen molar-refractivity contribution in [1.29, 1.82) is 0 Å². The van der Waals surface area contributed by atoms with E-state index in [1.54, 1.807) is 0 Å². The largest absolute Gasteiger partial charge is 0.481 e. The lowest BCUT2D eigenvalue weighted by atomic mass is 9.97. The Morgan fingerprint density at radius 3 is 2.08 bits per heavy atom. The predicted octanol–water partition coefficient (Wildman–Crippen LogP) is 0.987. The van der Waals surface area contributed by atoms with Gasteiger partial charge in [0.2, 0.25) is 0 Å². The first-order valence-corrected chi connectivity index (χ1v) is 3.35. The van der Waals surface area contributed by atoms with Crippen LogP contribution >= 0.6 is 0 Å². The van der Waals surface area contributed by atoms with Crippen LogP contribution in [0.2, 0.25) is 0 Å². The molecule has 0 amide bonds. The van der Waals surface area contributed by atoms with E-state index >= 15 is 0 Å². The van der Waals surface area contributed by atoms with Crippen molar-refractivity contribution in [3.05, 3.63) is 0 Å². The smallest absolute Gasteiger partial charge is 0.404 e. The van der Waals surface area contributed by atoms with E-state index in [9.17, 15) is 18.0 Å². The van der Waals surface area contributed by atoms with Crippen LogP contribution in [0.5, 0.6) is 0 Å². The van der Waals surface area contributed by atoms with Crippen LogP contribution in [0, 0.1) is 5.92 Å². The Balaban J connectivity index is 4.42. The fourth-order valence-corrected chi connectivity index (χ4v) is 0.810. The molecule has 0 aromatic carbocycles. The summed E-state index contributed by atoms with van der Waals surface area (Å²) >= 11 is 0. The molecule has 0 aromatic rings. The SMILES string of the molecule is CC[C@H](C(=O)O)[C@H](N)C(F)(F)F. The highest BCUT2D eigenvalue weighted by Crippen LogP contribution is 2.25. The molecule has 0 bridgehead atoms. The Hall–Kier alpha value is -0.780. The van der Waals surface area contributed by atoms with E-state index in [4.69, 9.17) is 10.8 Å². The van der Waals surface area contributed by atoms with Crippen LogP contribution in [0.25, 0.3) is 0 Å². The minimum Gasteiger partial charge on any atom is -0.481 e. The minimum atomic E-state index is -4.64. The summed E-state index contributed by atoms with van der Waals surface area (Å²) < 4.78 is 35.6. The lowest BCUT2D eigenvalue weighted by Crippen LogP contribution is -2.46. The Morgan fingerprint density at radius 1 is 1.58 bits per heavy atom. The van der Waals surface area contributed by atoms with E-state index in [2.05, 4.69) is 0 Å². The zero-order valence-electron chi connectivity index (χ0n) is 6.43. The summed E-state index contributed by atoms with van der Waals surface area (Å²) in [5, 5.41) is 8.33. The molecule has 0 aliphatic heterocycles. The average molecular weight is 185 g/mol. The lowest BCUT2D eigenvalue weighted by Gasteiger charge is -2.20. The van der Waals surface area contributed by atoms with Gasteiger partial charge in [0.25, 0.3) is 0 Å². The molecule has 3 nitrogen and oxygen atoms in total. The van der Waals surface area contributed by atoms with Gasteiger partial charge in [0.05, 0.1) is 5.92 Å². The number of aliphatic carboxylic acids is 1. The van der Waals surface area contributed by atoms with Crippen molar-refractivity contribution < 1.29 is 23.1 Å². The molecule has 72 valence electrons. The molecule has 12 heavy (non-hydrogen) atoms. The first kappa shape index (κ1) is 11.2. The number of hydrogen-bond acceptors (Lipinski definition) is 2. The molecular weight excluding hydrogens is 175 g/mol. The Kier molecular flexibility index (Phi) is 3.51. The fourth-order valence-electron chi connectivity index (χ4n) is 0.810. The number of carboxylic acid groups (broad SMARTS) is 1. The van der Waals surface area contributed by atoms with Gasteiger partial charge in [-0.1, -0.05) is 6.92 Å². The van der Waals surface area contributed by atoms with Crippen LogP contribution in [0.15, 0.2) is 0 Å². The second-order valence-electron chi connectivity index (χ2n) is 2.42. The maximum Gasteiger partial charge on any atom is 0.404 e. The summed E-state index contributed by atoms with van der Waals surface area (Å²) in [5.74, 6) is -3.06. The maximum atomic E-state index is 11.9. The van der Waals surface area contributed by atoms with Crippen LogP contribution in [0.1, 0.15) is 13.3 Å². The van der Waals surface area contributed by atoms with Gasteiger partial charge in [-0.2, -0.15) is 13.2 Å². The normalized spacial score (nSPS) is 17.1. The van der Waals surface area contributed by atoms with Crippen LogP contribution in [0.3, 0.4) is 0 Å². The van der Waals surface area contributed by atoms with E-state index < -0.39 is 24.1 Å². The van der Waals surface area contributed by atoms with Gasteiger partial charge >= 0.3 is 12.1 Å².